The quantitative estimate of drug-likeness (QED) is 0.571. The molecule has 0 saturated carbocycles. The Kier molecular flexibility index (Phi) is 3.46. The van der Waals surface area contributed by atoms with Crippen LogP contribution in [0.15, 0.2) is 41.5 Å². The first-order valence-electron chi connectivity index (χ1n) is 7.43. The molecule has 0 atom stereocenters. The lowest BCUT2D eigenvalue weighted by Crippen LogP contribution is -2.22. The Morgan fingerprint density at radius 2 is 1.96 bits per heavy atom. The van der Waals surface area contributed by atoms with Crippen LogP contribution < -0.4 is 5.56 Å². The lowest BCUT2D eigenvalue weighted by molar-refractivity contribution is 0.675. The predicted octanol–water partition coefficient (Wildman–Crippen LogP) is 2.10. The number of thiophene rings is 1. The summed E-state index contributed by atoms with van der Waals surface area (Å²) < 4.78 is 3.18. The molecule has 0 N–H and O–H groups in total. The van der Waals surface area contributed by atoms with Gasteiger partial charge in [0.1, 0.15) is 4.83 Å². The molecule has 120 valence electrons. The number of aromatic nitrogens is 6. The molecule has 0 aliphatic rings. The minimum atomic E-state index is -0.0653. The summed E-state index contributed by atoms with van der Waals surface area (Å²) in [6.07, 6.45) is 1.56. The summed E-state index contributed by atoms with van der Waals surface area (Å²) in [7, 11) is 0. The number of tetrazole rings is 1. The van der Waals surface area contributed by atoms with Crippen LogP contribution in [0.25, 0.3) is 15.9 Å². The molecule has 8 heteroatoms. The number of hydrogen-bond acceptors (Lipinski definition) is 6. The van der Waals surface area contributed by atoms with Crippen molar-refractivity contribution in [3.05, 3.63) is 63.3 Å². The zero-order valence-electron chi connectivity index (χ0n) is 13.2. The number of para-hydroxylation sites is 1. The molecule has 0 radical (unpaired) electrons. The Balaban J connectivity index is 1.79. The molecule has 4 rings (SSSR count). The molecule has 0 amide bonds. The minimum absolute atomic E-state index is 0.0653. The van der Waals surface area contributed by atoms with Gasteiger partial charge in [0.2, 0.25) is 0 Å². The third kappa shape index (κ3) is 2.31. The second-order valence-electron chi connectivity index (χ2n) is 5.48. The molecule has 0 unspecified atom stereocenters. The van der Waals surface area contributed by atoms with Gasteiger partial charge in [0.25, 0.3) is 5.56 Å². The van der Waals surface area contributed by atoms with Gasteiger partial charge in [-0.2, -0.15) is 4.68 Å². The number of benzene rings is 1. The van der Waals surface area contributed by atoms with Crippen molar-refractivity contribution in [3.8, 4) is 5.69 Å². The largest absolute Gasteiger partial charge is 0.291 e. The Hall–Kier alpha value is -2.87. The molecule has 1 aromatic carbocycles. The Labute approximate surface area is 141 Å². The summed E-state index contributed by atoms with van der Waals surface area (Å²) in [5, 5.41) is 12.5. The molecule has 7 nitrogen and oxygen atoms in total. The van der Waals surface area contributed by atoms with E-state index in [2.05, 4.69) is 20.5 Å². The first-order chi connectivity index (χ1) is 11.6. The summed E-state index contributed by atoms with van der Waals surface area (Å²) in [6, 6.07) is 9.58. The molecule has 0 fully saturated rings. The summed E-state index contributed by atoms with van der Waals surface area (Å²) >= 11 is 1.54. The zero-order valence-corrected chi connectivity index (χ0v) is 14.0. The molecular formula is C16H14N6OS. The van der Waals surface area contributed by atoms with E-state index in [0.717, 1.165) is 21.0 Å². The van der Waals surface area contributed by atoms with E-state index in [-0.39, 0.29) is 12.1 Å². The van der Waals surface area contributed by atoms with Crippen molar-refractivity contribution in [2.75, 3.05) is 0 Å². The highest BCUT2D eigenvalue weighted by atomic mass is 32.1. The fourth-order valence-electron chi connectivity index (χ4n) is 2.61. The van der Waals surface area contributed by atoms with E-state index in [4.69, 9.17) is 0 Å². The zero-order chi connectivity index (χ0) is 16.7. The highest BCUT2D eigenvalue weighted by Gasteiger charge is 2.14. The summed E-state index contributed by atoms with van der Waals surface area (Å²) in [5.74, 6) is 0.578. The minimum Gasteiger partial charge on any atom is -0.291 e. The average Bonchev–Trinajstić information content (AvgIpc) is 3.16. The fourth-order valence-corrected chi connectivity index (χ4v) is 3.60. The lowest BCUT2D eigenvalue weighted by Gasteiger charge is -2.06. The molecule has 3 heterocycles. The van der Waals surface area contributed by atoms with E-state index in [1.165, 1.54) is 11.3 Å². The van der Waals surface area contributed by atoms with Crippen molar-refractivity contribution in [2.45, 2.75) is 20.4 Å². The first kappa shape index (κ1) is 14.7. The standard InChI is InChI=1S/C16H14N6OS/c1-10-11(2)24-15-14(10)16(23)21(9-17-15)8-13-18-19-20-22(13)12-6-4-3-5-7-12/h3-7,9H,8H2,1-2H3. The van der Waals surface area contributed by atoms with Crippen molar-refractivity contribution < 1.29 is 0 Å². The van der Waals surface area contributed by atoms with E-state index in [9.17, 15) is 4.79 Å². The molecule has 0 aliphatic carbocycles. The molecule has 4 aromatic rings. The van der Waals surface area contributed by atoms with Gasteiger partial charge >= 0.3 is 0 Å². The number of aryl methyl sites for hydroxylation is 2. The summed E-state index contributed by atoms with van der Waals surface area (Å²) in [5.41, 5.74) is 1.77. The van der Waals surface area contributed by atoms with Gasteiger partial charge in [0, 0.05) is 4.88 Å². The highest BCUT2D eigenvalue weighted by molar-refractivity contribution is 7.18. The molecule has 24 heavy (non-hydrogen) atoms. The smallest absolute Gasteiger partial charge is 0.262 e. The van der Waals surface area contributed by atoms with Crippen LogP contribution in [0.2, 0.25) is 0 Å². The van der Waals surface area contributed by atoms with Crippen molar-refractivity contribution in [1.29, 1.82) is 0 Å². The molecule has 0 spiro atoms. The van der Waals surface area contributed by atoms with Crippen molar-refractivity contribution in [2.24, 2.45) is 0 Å². The van der Waals surface area contributed by atoms with Gasteiger partial charge in [-0.1, -0.05) is 18.2 Å². The van der Waals surface area contributed by atoms with Crippen LogP contribution in [0.4, 0.5) is 0 Å². The van der Waals surface area contributed by atoms with Crippen LogP contribution in [-0.2, 0) is 6.54 Å². The van der Waals surface area contributed by atoms with Gasteiger partial charge in [-0.05, 0) is 42.0 Å². The first-order valence-corrected chi connectivity index (χ1v) is 8.24. The molecular weight excluding hydrogens is 324 g/mol. The number of fused-ring (bicyclic) bond motifs is 1. The molecule has 3 aromatic heterocycles. The number of hydrogen-bond donors (Lipinski definition) is 0. The maximum absolute atomic E-state index is 12.8. The van der Waals surface area contributed by atoms with Crippen LogP contribution in [0.1, 0.15) is 16.3 Å². The van der Waals surface area contributed by atoms with Crippen molar-refractivity contribution >= 4 is 21.6 Å². The van der Waals surface area contributed by atoms with Crippen LogP contribution in [0.3, 0.4) is 0 Å². The SMILES string of the molecule is Cc1sc2ncn(Cc3nnnn3-c3ccccc3)c(=O)c2c1C. The Morgan fingerprint density at radius 1 is 1.17 bits per heavy atom. The van der Waals surface area contributed by atoms with Crippen molar-refractivity contribution in [3.63, 3.8) is 0 Å². The monoisotopic (exact) mass is 338 g/mol. The molecule has 0 saturated heterocycles. The Morgan fingerprint density at radius 3 is 2.75 bits per heavy atom. The number of nitrogens with zero attached hydrogens (tertiary/aromatic N) is 6. The third-order valence-electron chi connectivity index (χ3n) is 4.00. The van der Waals surface area contributed by atoms with Gasteiger partial charge in [0.15, 0.2) is 5.82 Å². The summed E-state index contributed by atoms with van der Waals surface area (Å²) in [4.78, 5) is 19.1. The Bertz CT molecular complexity index is 1080. The normalized spacial score (nSPS) is 11.2. The van der Waals surface area contributed by atoms with Crippen LogP contribution in [0, 0.1) is 13.8 Å². The van der Waals surface area contributed by atoms with E-state index in [0.29, 0.717) is 11.2 Å². The highest BCUT2D eigenvalue weighted by Crippen LogP contribution is 2.25. The van der Waals surface area contributed by atoms with Crippen molar-refractivity contribution in [1.82, 2.24) is 29.8 Å². The molecule has 0 aliphatic heterocycles. The van der Waals surface area contributed by atoms with Gasteiger partial charge < -0.3 is 0 Å². The lowest BCUT2D eigenvalue weighted by atomic mass is 10.2. The second kappa shape index (κ2) is 5.64. The maximum Gasteiger partial charge on any atom is 0.262 e. The number of rotatable bonds is 3. The second-order valence-corrected chi connectivity index (χ2v) is 6.69. The third-order valence-corrected chi connectivity index (χ3v) is 5.12. The average molecular weight is 338 g/mol. The van der Waals surface area contributed by atoms with Crippen LogP contribution in [-0.4, -0.2) is 29.8 Å². The van der Waals surface area contributed by atoms with E-state index >= 15 is 0 Å². The van der Waals surface area contributed by atoms with Crippen LogP contribution in [0.5, 0.6) is 0 Å². The van der Waals surface area contributed by atoms with Gasteiger partial charge in [-0.15, -0.1) is 16.4 Å². The van der Waals surface area contributed by atoms with E-state index in [1.807, 2.05) is 44.2 Å². The predicted molar refractivity (Wildman–Crippen MR) is 91.6 cm³/mol. The molecule has 0 bridgehead atoms. The topological polar surface area (TPSA) is 78.5 Å². The van der Waals surface area contributed by atoms with Gasteiger partial charge in [-0.3, -0.25) is 9.36 Å². The van der Waals surface area contributed by atoms with Crippen LogP contribution >= 0.6 is 11.3 Å². The fraction of sp³-hybridized carbons (Fsp3) is 0.188. The van der Waals surface area contributed by atoms with E-state index in [1.54, 1.807) is 15.6 Å². The maximum atomic E-state index is 12.8. The van der Waals surface area contributed by atoms with Gasteiger partial charge in [0.05, 0.1) is 23.9 Å². The van der Waals surface area contributed by atoms with Gasteiger partial charge in [-0.25, -0.2) is 4.98 Å². The summed E-state index contributed by atoms with van der Waals surface area (Å²) in [6.45, 7) is 4.22. The van der Waals surface area contributed by atoms with E-state index < -0.39 is 0 Å².